The Labute approximate surface area is 195 Å². The van der Waals surface area contributed by atoms with Crippen molar-refractivity contribution in [1.29, 1.82) is 0 Å². The number of rotatable bonds is 8. The monoisotopic (exact) mass is 492 g/mol. The quantitative estimate of drug-likeness (QED) is 0.444. The van der Waals surface area contributed by atoms with Gasteiger partial charge in [0, 0.05) is 17.9 Å². The number of amides is 1. The summed E-state index contributed by atoms with van der Waals surface area (Å²) in [5.74, 6) is -0.0257. The number of sulfone groups is 1. The first-order chi connectivity index (χ1) is 15.3. The van der Waals surface area contributed by atoms with Crippen molar-refractivity contribution < 1.29 is 22.7 Å². The van der Waals surface area contributed by atoms with Crippen LogP contribution in [0.15, 0.2) is 52.4 Å². The number of thiazole rings is 1. The molecule has 0 spiro atoms. The molecule has 1 aromatic heterocycles. The summed E-state index contributed by atoms with van der Waals surface area (Å²) in [4.78, 5) is 29.9. The van der Waals surface area contributed by atoms with E-state index < -0.39 is 21.7 Å². The van der Waals surface area contributed by atoms with Crippen molar-refractivity contribution >= 4 is 55.0 Å². The summed E-state index contributed by atoms with van der Waals surface area (Å²) >= 11 is 3.00. The van der Waals surface area contributed by atoms with Crippen LogP contribution >= 0.6 is 23.1 Å². The Morgan fingerprint density at radius 2 is 1.78 bits per heavy atom. The number of esters is 1. The Morgan fingerprint density at radius 1 is 1.09 bits per heavy atom. The molecule has 0 bridgehead atoms. The molecular weight excluding hydrogens is 468 g/mol. The molecule has 0 aliphatic rings. The number of nitrogens with zero attached hydrogens (tertiary/aromatic N) is 2. The zero-order valence-electron chi connectivity index (χ0n) is 18.0. The molecule has 1 amide bonds. The maximum Gasteiger partial charge on any atom is 0.338 e. The summed E-state index contributed by atoms with van der Waals surface area (Å²) in [6, 6.07) is 11.1. The van der Waals surface area contributed by atoms with Crippen LogP contribution in [0, 0.1) is 0 Å². The number of fused-ring (bicyclic) bond motifs is 1. The number of aromatic nitrogens is 1. The van der Waals surface area contributed by atoms with Gasteiger partial charge in [-0.1, -0.05) is 18.3 Å². The lowest BCUT2D eigenvalue weighted by Gasteiger charge is -2.05. The fourth-order valence-electron chi connectivity index (χ4n) is 3.02. The zero-order chi connectivity index (χ0) is 23.3. The normalized spacial score (nSPS) is 12.3. The van der Waals surface area contributed by atoms with Gasteiger partial charge in [0.25, 0.3) is 5.91 Å². The first-order valence-corrected chi connectivity index (χ1v) is 13.9. The predicted octanol–water partition coefficient (Wildman–Crippen LogP) is 3.78. The van der Waals surface area contributed by atoms with E-state index in [0.717, 1.165) is 16.0 Å². The molecule has 0 aliphatic carbocycles. The van der Waals surface area contributed by atoms with E-state index in [1.54, 1.807) is 37.7 Å². The van der Waals surface area contributed by atoms with Crippen LogP contribution in [0.3, 0.4) is 0 Å². The summed E-state index contributed by atoms with van der Waals surface area (Å²) in [5.41, 5.74) is 1.64. The van der Waals surface area contributed by atoms with Gasteiger partial charge < -0.3 is 9.30 Å². The van der Waals surface area contributed by atoms with Crippen LogP contribution in [-0.4, -0.2) is 49.2 Å². The standard InChI is InChI=1S/C22H24N2O5S3/c1-4-29-21(26)16-8-11-18-19(14-16)31-22(24(18)12-13-30-3)23-20(25)15-6-9-17(10-7-15)32(27,28)5-2/h6-11,14H,4-5,12-13H2,1-3H3. The number of carbonyl (C=O) groups is 2. The second-order valence-electron chi connectivity index (χ2n) is 6.78. The average molecular weight is 493 g/mol. The molecule has 170 valence electrons. The van der Waals surface area contributed by atoms with E-state index in [-0.39, 0.29) is 10.6 Å². The van der Waals surface area contributed by atoms with E-state index in [9.17, 15) is 18.0 Å². The molecule has 0 N–H and O–H groups in total. The Kier molecular flexibility index (Phi) is 7.91. The number of thioether (sulfide) groups is 1. The lowest BCUT2D eigenvalue weighted by Crippen LogP contribution is -2.18. The van der Waals surface area contributed by atoms with Gasteiger partial charge in [-0.15, -0.1) is 0 Å². The number of aryl methyl sites for hydroxylation is 1. The fraction of sp³-hybridized carbons (Fsp3) is 0.318. The minimum Gasteiger partial charge on any atom is -0.462 e. The van der Waals surface area contributed by atoms with Crippen LogP contribution in [0.25, 0.3) is 10.2 Å². The van der Waals surface area contributed by atoms with Crippen LogP contribution in [0.4, 0.5) is 0 Å². The third kappa shape index (κ3) is 5.31. The average Bonchev–Trinajstić information content (AvgIpc) is 3.13. The number of carbonyl (C=O) groups excluding carboxylic acids is 2. The van der Waals surface area contributed by atoms with Crippen molar-refractivity contribution in [2.75, 3.05) is 24.4 Å². The maximum absolute atomic E-state index is 12.8. The van der Waals surface area contributed by atoms with Gasteiger partial charge in [0.15, 0.2) is 14.6 Å². The molecule has 0 saturated carbocycles. The number of hydrogen-bond donors (Lipinski definition) is 0. The molecule has 10 heteroatoms. The van der Waals surface area contributed by atoms with E-state index in [4.69, 9.17) is 4.74 Å². The van der Waals surface area contributed by atoms with Crippen molar-refractivity contribution in [2.45, 2.75) is 25.3 Å². The number of benzene rings is 2. The summed E-state index contributed by atoms with van der Waals surface area (Å²) in [5, 5.41) is 0. The maximum atomic E-state index is 12.8. The highest BCUT2D eigenvalue weighted by Gasteiger charge is 2.15. The topological polar surface area (TPSA) is 94.8 Å². The molecule has 3 rings (SSSR count). The molecule has 3 aromatic rings. The van der Waals surface area contributed by atoms with Crippen molar-refractivity contribution in [3.05, 3.63) is 58.4 Å². The fourth-order valence-corrected chi connectivity index (χ4v) is 5.36. The third-order valence-corrected chi connectivity index (χ3v) is 8.13. The highest BCUT2D eigenvalue weighted by atomic mass is 32.2. The minimum absolute atomic E-state index is 0.00429. The van der Waals surface area contributed by atoms with Gasteiger partial charge in [-0.3, -0.25) is 4.79 Å². The first-order valence-electron chi connectivity index (χ1n) is 10.0. The Hall–Kier alpha value is -2.43. The molecule has 0 aliphatic heterocycles. The summed E-state index contributed by atoms with van der Waals surface area (Å²) in [6.45, 7) is 4.28. The molecular formula is C22H24N2O5S3. The van der Waals surface area contributed by atoms with Crippen LogP contribution < -0.4 is 4.80 Å². The number of ether oxygens (including phenoxy) is 1. The minimum atomic E-state index is -3.33. The summed E-state index contributed by atoms with van der Waals surface area (Å²) in [6.07, 6.45) is 2.00. The van der Waals surface area contributed by atoms with Crippen molar-refractivity contribution in [3.8, 4) is 0 Å². The number of hydrogen-bond acceptors (Lipinski definition) is 7. The van der Waals surface area contributed by atoms with Gasteiger partial charge in [0.05, 0.1) is 33.0 Å². The lowest BCUT2D eigenvalue weighted by molar-refractivity contribution is 0.0526. The van der Waals surface area contributed by atoms with E-state index in [1.165, 1.54) is 35.6 Å². The van der Waals surface area contributed by atoms with E-state index in [1.807, 2.05) is 16.9 Å². The van der Waals surface area contributed by atoms with Crippen LogP contribution in [0.1, 0.15) is 34.6 Å². The van der Waals surface area contributed by atoms with Gasteiger partial charge in [0.2, 0.25) is 0 Å². The zero-order valence-corrected chi connectivity index (χ0v) is 20.5. The molecule has 32 heavy (non-hydrogen) atoms. The molecule has 7 nitrogen and oxygen atoms in total. The third-order valence-electron chi connectivity index (χ3n) is 4.75. The Morgan fingerprint density at radius 3 is 2.41 bits per heavy atom. The predicted molar refractivity (Wildman–Crippen MR) is 128 cm³/mol. The van der Waals surface area contributed by atoms with Gasteiger partial charge >= 0.3 is 5.97 Å². The largest absolute Gasteiger partial charge is 0.462 e. The van der Waals surface area contributed by atoms with Gasteiger partial charge in [-0.25, -0.2) is 13.2 Å². The lowest BCUT2D eigenvalue weighted by atomic mass is 10.2. The Balaban J connectivity index is 2.03. The van der Waals surface area contributed by atoms with Crippen LogP contribution in [-0.2, 0) is 21.1 Å². The second-order valence-corrected chi connectivity index (χ2v) is 11.0. The smallest absolute Gasteiger partial charge is 0.338 e. The van der Waals surface area contributed by atoms with Gasteiger partial charge in [-0.05, 0) is 55.6 Å². The van der Waals surface area contributed by atoms with Gasteiger partial charge in [-0.2, -0.15) is 16.8 Å². The van der Waals surface area contributed by atoms with E-state index in [2.05, 4.69) is 4.99 Å². The highest BCUT2D eigenvalue weighted by Crippen LogP contribution is 2.21. The highest BCUT2D eigenvalue weighted by molar-refractivity contribution is 7.98. The molecule has 0 fully saturated rings. The molecule has 0 radical (unpaired) electrons. The SMILES string of the molecule is CCOC(=O)c1ccc2c(c1)sc(=NC(=O)c1ccc(S(=O)(=O)CC)cc1)n2CCSC. The first kappa shape index (κ1) is 24.2. The Bertz CT molecular complexity index is 1310. The summed E-state index contributed by atoms with van der Waals surface area (Å²) in [7, 11) is -3.33. The van der Waals surface area contributed by atoms with E-state index in [0.29, 0.717) is 29.1 Å². The van der Waals surface area contributed by atoms with Crippen molar-refractivity contribution in [2.24, 2.45) is 4.99 Å². The van der Waals surface area contributed by atoms with Crippen LogP contribution in [0.5, 0.6) is 0 Å². The van der Waals surface area contributed by atoms with E-state index >= 15 is 0 Å². The molecule has 2 aromatic carbocycles. The molecule has 0 unspecified atom stereocenters. The molecule has 1 heterocycles. The van der Waals surface area contributed by atoms with Crippen molar-refractivity contribution in [3.63, 3.8) is 0 Å². The van der Waals surface area contributed by atoms with Crippen molar-refractivity contribution in [1.82, 2.24) is 4.57 Å². The molecule has 0 saturated heterocycles. The molecule has 0 atom stereocenters. The van der Waals surface area contributed by atoms with Gasteiger partial charge in [0.1, 0.15) is 0 Å². The second kappa shape index (κ2) is 10.5. The summed E-state index contributed by atoms with van der Waals surface area (Å²) < 4.78 is 31.8. The van der Waals surface area contributed by atoms with Crippen LogP contribution in [0.2, 0.25) is 0 Å².